The van der Waals surface area contributed by atoms with E-state index < -0.39 is 11.9 Å². The Morgan fingerprint density at radius 3 is 2.60 bits per heavy atom. The normalized spacial score (nSPS) is 19.6. The van der Waals surface area contributed by atoms with E-state index >= 15 is 0 Å². The lowest BCUT2D eigenvalue weighted by atomic mass is 9.96. The van der Waals surface area contributed by atoms with Gasteiger partial charge in [0.05, 0.1) is 18.1 Å². The van der Waals surface area contributed by atoms with Gasteiger partial charge in [-0.3, -0.25) is 19.2 Å². The first-order valence-electron chi connectivity index (χ1n) is 10.7. The molecule has 3 heterocycles. The van der Waals surface area contributed by atoms with Crippen molar-refractivity contribution < 1.29 is 14.7 Å². The second kappa shape index (κ2) is 8.97. The fourth-order valence-electron chi connectivity index (χ4n) is 4.52. The maximum atomic E-state index is 12.0. The SMILES string of the molecule is NC(=O)c1nn(C2CCN(CC(=O)O)CC2)c2ccc(C=CC3CCNCC3)cc12. The van der Waals surface area contributed by atoms with Crippen LogP contribution in [0.15, 0.2) is 24.3 Å². The van der Waals surface area contributed by atoms with Crippen LogP contribution in [0.2, 0.25) is 0 Å². The van der Waals surface area contributed by atoms with Gasteiger partial charge in [0.15, 0.2) is 5.69 Å². The van der Waals surface area contributed by atoms with E-state index in [1.807, 2.05) is 21.7 Å². The number of fused-ring (bicyclic) bond motifs is 1. The Kier molecular flexibility index (Phi) is 6.15. The van der Waals surface area contributed by atoms with Gasteiger partial charge in [-0.15, -0.1) is 0 Å². The number of carbonyl (C=O) groups is 2. The summed E-state index contributed by atoms with van der Waals surface area (Å²) in [6.45, 7) is 3.56. The van der Waals surface area contributed by atoms with Gasteiger partial charge < -0.3 is 16.2 Å². The molecule has 0 radical (unpaired) electrons. The van der Waals surface area contributed by atoms with Gasteiger partial charge in [0.1, 0.15) is 0 Å². The number of nitrogens with zero attached hydrogens (tertiary/aromatic N) is 3. The number of hydrogen-bond acceptors (Lipinski definition) is 5. The van der Waals surface area contributed by atoms with Crippen molar-refractivity contribution >= 4 is 28.9 Å². The molecule has 8 nitrogen and oxygen atoms in total. The molecule has 8 heteroatoms. The summed E-state index contributed by atoms with van der Waals surface area (Å²) in [6, 6.07) is 6.20. The lowest BCUT2D eigenvalue weighted by Crippen LogP contribution is -2.38. The molecule has 0 atom stereocenters. The van der Waals surface area contributed by atoms with Crippen LogP contribution in [0.5, 0.6) is 0 Å². The zero-order chi connectivity index (χ0) is 21.1. The molecule has 2 aromatic rings. The van der Waals surface area contributed by atoms with Crippen LogP contribution in [-0.2, 0) is 4.79 Å². The first-order chi connectivity index (χ1) is 14.5. The molecule has 4 N–H and O–H groups in total. The molecule has 1 aromatic heterocycles. The van der Waals surface area contributed by atoms with Crippen LogP contribution < -0.4 is 11.1 Å². The fourth-order valence-corrected chi connectivity index (χ4v) is 4.52. The van der Waals surface area contributed by atoms with Crippen LogP contribution in [0.4, 0.5) is 0 Å². The lowest BCUT2D eigenvalue weighted by molar-refractivity contribution is -0.138. The van der Waals surface area contributed by atoms with Gasteiger partial charge in [0, 0.05) is 18.5 Å². The number of benzene rings is 1. The summed E-state index contributed by atoms with van der Waals surface area (Å²) in [4.78, 5) is 24.9. The summed E-state index contributed by atoms with van der Waals surface area (Å²) in [5, 5.41) is 17.7. The third-order valence-corrected chi connectivity index (χ3v) is 6.17. The van der Waals surface area contributed by atoms with E-state index in [9.17, 15) is 9.59 Å². The van der Waals surface area contributed by atoms with E-state index in [-0.39, 0.29) is 12.6 Å². The average Bonchev–Trinajstić information content (AvgIpc) is 3.12. The number of aliphatic carboxylic acids is 1. The van der Waals surface area contributed by atoms with Gasteiger partial charge in [-0.2, -0.15) is 5.10 Å². The van der Waals surface area contributed by atoms with E-state index in [0.29, 0.717) is 24.7 Å². The standard InChI is InChI=1S/C22H29N5O3/c23-22(30)21-18-13-16(2-1-15-5-9-24-10-6-15)3-4-19(18)27(25-21)17-7-11-26(12-8-17)14-20(28)29/h1-4,13,15,17,24H,5-12,14H2,(H2,23,30)(H,28,29). The minimum Gasteiger partial charge on any atom is -0.480 e. The highest BCUT2D eigenvalue weighted by molar-refractivity contribution is 6.04. The number of hydrogen-bond donors (Lipinski definition) is 3. The molecular weight excluding hydrogens is 382 g/mol. The first kappa shape index (κ1) is 20.6. The molecule has 30 heavy (non-hydrogen) atoms. The van der Waals surface area contributed by atoms with Crippen molar-refractivity contribution in [3.05, 3.63) is 35.5 Å². The molecule has 0 bridgehead atoms. The van der Waals surface area contributed by atoms with Crippen LogP contribution in [0.25, 0.3) is 17.0 Å². The van der Waals surface area contributed by atoms with Crippen LogP contribution in [0.3, 0.4) is 0 Å². The first-order valence-corrected chi connectivity index (χ1v) is 10.7. The number of carbonyl (C=O) groups excluding carboxylic acids is 1. The minimum absolute atomic E-state index is 0.0614. The molecule has 0 unspecified atom stereocenters. The van der Waals surface area contributed by atoms with Crippen molar-refractivity contribution in [1.29, 1.82) is 0 Å². The zero-order valence-electron chi connectivity index (χ0n) is 17.1. The predicted molar refractivity (Wildman–Crippen MR) is 115 cm³/mol. The molecule has 160 valence electrons. The Labute approximate surface area is 175 Å². The van der Waals surface area contributed by atoms with E-state index in [0.717, 1.165) is 55.2 Å². The second-order valence-corrected chi connectivity index (χ2v) is 8.28. The molecule has 2 aliphatic heterocycles. The molecule has 2 fully saturated rings. The van der Waals surface area contributed by atoms with E-state index in [2.05, 4.69) is 28.6 Å². The molecule has 2 aliphatic rings. The summed E-state index contributed by atoms with van der Waals surface area (Å²) in [7, 11) is 0. The summed E-state index contributed by atoms with van der Waals surface area (Å²) in [6.07, 6.45) is 8.25. The number of allylic oxidation sites excluding steroid dienone is 1. The topological polar surface area (TPSA) is 113 Å². The van der Waals surface area contributed by atoms with Crippen LogP contribution >= 0.6 is 0 Å². The quantitative estimate of drug-likeness (QED) is 0.669. The maximum Gasteiger partial charge on any atom is 0.317 e. The van der Waals surface area contributed by atoms with E-state index in [1.54, 1.807) is 0 Å². The summed E-state index contributed by atoms with van der Waals surface area (Å²) in [5.41, 5.74) is 7.87. The number of amides is 1. The number of nitrogens with two attached hydrogens (primary N) is 1. The van der Waals surface area contributed by atoms with Gasteiger partial charge in [0.25, 0.3) is 5.91 Å². The summed E-state index contributed by atoms with van der Waals surface area (Å²) >= 11 is 0. The van der Waals surface area contributed by atoms with Crippen molar-refractivity contribution in [2.24, 2.45) is 11.7 Å². The second-order valence-electron chi connectivity index (χ2n) is 8.28. The third kappa shape index (κ3) is 4.55. The highest BCUT2D eigenvalue weighted by atomic mass is 16.4. The summed E-state index contributed by atoms with van der Waals surface area (Å²) < 4.78 is 1.91. The number of primary amides is 1. The Morgan fingerprint density at radius 2 is 1.93 bits per heavy atom. The van der Waals surface area contributed by atoms with Crippen molar-refractivity contribution in [2.75, 3.05) is 32.7 Å². The lowest BCUT2D eigenvalue weighted by Gasteiger charge is -2.31. The Balaban J connectivity index is 1.57. The zero-order valence-corrected chi connectivity index (χ0v) is 17.1. The maximum absolute atomic E-state index is 12.0. The van der Waals surface area contributed by atoms with Crippen molar-refractivity contribution in [1.82, 2.24) is 20.0 Å². The number of rotatable bonds is 6. The number of likely N-dealkylation sites (tertiary alicyclic amines) is 1. The highest BCUT2D eigenvalue weighted by Gasteiger charge is 2.25. The van der Waals surface area contributed by atoms with E-state index in [4.69, 9.17) is 10.8 Å². The summed E-state index contributed by atoms with van der Waals surface area (Å²) in [5.74, 6) is -0.753. The largest absolute Gasteiger partial charge is 0.480 e. The van der Waals surface area contributed by atoms with Gasteiger partial charge in [-0.05, 0) is 62.4 Å². The molecule has 1 amide bonds. The van der Waals surface area contributed by atoms with Gasteiger partial charge >= 0.3 is 5.97 Å². The monoisotopic (exact) mass is 411 g/mol. The molecule has 0 saturated carbocycles. The molecule has 1 aromatic carbocycles. The number of carboxylic acid groups (broad SMARTS) is 1. The van der Waals surface area contributed by atoms with Crippen LogP contribution in [0, 0.1) is 5.92 Å². The Morgan fingerprint density at radius 1 is 1.20 bits per heavy atom. The third-order valence-electron chi connectivity index (χ3n) is 6.17. The number of aromatic nitrogens is 2. The smallest absolute Gasteiger partial charge is 0.317 e. The van der Waals surface area contributed by atoms with E-state index in [1.165, 1.54) is 0 Å². The van der Waals surface area contributed by atoms with Gasteiger partial charge in [0.2, 0.25) is 0 Å². The molecule has 4 rings (SSSR count). The Bertz CT molecular complexity index is 953. The predicted octanol–water partition coefficient (Wildman–Crippen LogP) is 1.87. The van der Waals surface area contributed by atoms with Crippen LogP contribution in [-0.4, -0.2) is 64.4 Å². The van der Waals surface area contributed by atoms with Crippen molar-refractivity contribution in [2.45, 2.75) is 31.7 Å². The highest BCUT2D eigenvalue weighted by Crippen LogP contribution is 2.29. The Hall–Kier alpha value is -2.71. The number of nitrogens with one attached hydrogen (secondary N) is 1. The molecule has 2 saturated heterocycles. The average molecular weight is 412 g/mol. The molecule has 0 spiro atoms. The van der Waals surface area contributed by atoms with Crippen LogP contribution in [0.1, 0.15) is 47.8 Å². The van der Waals surface area contributed by atoms with Crippen molar-refractivity contribution in [3.8, 4) is 0 Å². The minimum atomic E-state index is -0.806. The van der Waals surface area contributed by atoms with Gasteiger partial charge in [-0.1, -0.05) is 18.2 Å². The fraction of sp³-hybridized carbons (Fsp3) is 0.500. The van der Waals surface area contributed by atoms with Gasteiger partial charge in [-0.25, -0.2) is 0 Å². The molecule has 0 aliphatic carbocycles. The number of piperidine rings is 2. The molecular formula is C22H29N5O3. The number of carboxylic acids is 1. The van der Waals surface area contributed by atoms with Crippen molar-refractivity contribution in [3.63, 3.8) is 0 Å².